The number of fused-ring (bicyclic) bond motifs is 1. The van der Waals surface area contributed by atoms with Crippen LogP contribution in [0.15, 0.2) is 29.0 Å². The number of hydrogen-bond donors (Lipinski definition) is 0. The van der Waals surface area contributed by atoms with E-state index in [2.05, 4.69) is 35.9 Å². The standard InChI is InChI=1S/C14H18OS/c1-2-3-4-5-8-15-14-7-6-12-10-16-11-13(12)9-14/h6-7,9-11H,2-5,8H2,1H3. The summed E-state index contributed by atoms with van der Waals surface area (Å²) in [7, 11) is 0. The molecule has 0 aliphatic heterocycles. The average molecular weight is 234 g/mol. The Labute approximate surface area is 101 Å². The molecule has 1 heterocycles. The normalized spacial score (nSPS) is 10.8. The van der Waals surface area contributed by atoms with Crippen molar-refractivity contribution in [1.29, 1.82) is 0 Å². The lowest BCUT2D eigenvalue weighted by Crippen LogP contribution is -1.96. The minimum Gasteiger partial charge on any atom is -0.494 e. The molecule has 0 N–H and O–H groups in total. The van der Waals surface area contributed by atoms with Gasteiger partial charge in [-0.3, -0.25) is 0 Å². The van der Waals surface area contributed by atoms with Gasteiger partial charge in [0.05, 0.1) is 6.61 Å². The summed E-state index contributed by atoms with van der Waals surface area (Å²) in [6.07, 6.45) is 5.03. The van der Waals surface area contributed by atoms with Crippen LogP contribution in [0, 0.1) is 0 Å². The minimum absolute atomic E-state index is 0.843. The third-order valence-electron chi connectivity index (χ3n) is 2.71. The number of unbranched alkanes of at least 4 members (excludes halogenated alkanes) is 3. The summed E-state index contributed by atoms with van der Waals surface area (Å²) >= 11 is 1.74. The van der Waals surface area contributed by atoms with Crippen LogP contribution in [0.5, 0.6) is 5.75 Å². The number of ether oxygens (including phenoxy) is 1. The predicted octanol–water partition coefficient (Wildman–Crippen LogP) is 4.86. The Morgan fingerprint density at radius 1 is 1.06 bits per heavy atom. The molecule has 1 aromatic carbocycles. The van der Waals surface area contributed by atoms with Crippen LogP contribution in [0.4, 0.5) is 0 Å². The zero-order chi connectivity index (χ0) is 11.2. The van der Waals surface area contributed by atoms with Gasteiger partial charge in [0.1, 0.15) is 5.75 Å². The molecule has 0 saturated carbocycles. The molecule has 2 rings (SSSR count). The van der Waals surface area contributed by atoms with Gasteiger partial charge in [0.25, 0.3) is 0 Å². The number of rotatable bonds is 6. The predicted molar refractivity (Wildman–Crippen MR) is 71.5 cm³/mol. The summed E-state index contributed by atoms with van der Waals surface area (Å²) in [6, 6.07) is 6.33. The fourth-order valence-corrected chi connectivity index (χ4v) is 2.53. The molecule has 0 saturated heterocycles. The summed E-state index contributed by atoms with van der Waals surface area (Å²) in [4.78, 5) is 0. The first kappa shape index (κ1) is 11.5. The van der Waals surface area contributed by atoms with E-state index in [9.17, 15) is 0 Å². The first-order valence-electron chi connectivity index (χ1n) is 5.99. The molecule has 2 heteroatoms. The molecule has 0 amide bonds. The van der Waals surface area contributed by atoms with E-state index >= 15 is 0 Å². The third-order valence-corrected chi connectivity index (χ3v) is 3.49. The molecule has 0 bridgehead atoms. The van der Waals surface area contributed by atoms with Crippen molar-refractivity contribution in [2.24, 2.45) is 0 Å². The molecular weight excluding hydrogens is 216 g/mol. The SMILES string of the molecule is CCCCCCOc1ccc2cscc2c1. The highest BCUT2D eigenvalue weighted by atomic mass is 32.1. The largest absolute Gasteiger partial charge is 0.494 e. The quantitative estimate of drug-likeness (QED) is 0.648. The Balaban J connectivity index is 1.84. The lowest BCUT2D eigenvalue weighted by atomic mass is 10.2. The first-order valence-corrected chi connectivity index (χ1v) is 6.93. The van der Waals surface area contributed by atoms with Gasteiger partial charge in [-0.15, -0.1) is 0 Å². The fraction of sp³-hybridized carbons (Fsp3) is 0.429. The maximum atomic E-state index is 5.73. The van der Waals surface area contributed by atoms with Gasteiger partial charge in [-0.25, -0.2) is 0 Å². The van der Waals surface area contributed by atoms with Crippen molar-refractivity contribution < 1.29 is 4.74 Å². The van der Waals surface area contributed by atoms with Crippen molar-refractivity contribution in [3.63, 3.8) is 0 Å². The molecule has 1 nitrogen and oxygen atoms in total. The zero-order valence-electron chi connectivity index (χ0n) is 9.74. The summed E-state index contributed by atoms with van der Waals surface area (Å²) in [6.45, 7) is 3.07. The van der Waals surface area contributed by atoms with Gasteiger partial charge < -0.3 is 4.74 Å². The molecule has 0 fully saturated rings. The van der Waals surface area contributed by atoms with Gasteiger partial charge in [-0.05, 0) is 46.2 Å². The van der Waals surface area contributed by atoms with Crippen LogP contribution in [0.2, 0.25) is 0 Å². The van der Waals surface area contributed by atoms with E-state index in [-0.39, 0.29) is 0 Å². The molecule has 0 aliphatic rings. The van der Waals surface area contributed by atoms with Crippen LogP contribution in [-0.2, 0) is 0 Å². The van der Waals surface area contributed by atoms with Crippen LogP contribution in [-0.4, -0.2) is 6.61 Å². The number of hydrogen-bond acceptors (Lipinski definition) is 2. The molecule has 0 radical (unpaired) electrons. The van der Waals surface area contributed by atoms with Gasteiger partial charge >= 0.3 is 0 Å². The second kappa shape index (κ2) is 5.90. The van der Waals surface area contributed by atoms with E-state index in [1.807, 2.05) is 0 Å². The van der Waals surface area contributed by atoms with Crippen LogP contribution in [0.3, 0.4) is 0 Å². The van der Waals surface area contributed by atoms with E-state index < -0.39 is 0 Å². The second-order valence-corrected chi connectivity index (χ2v) is 4.82. The maximum Gasteiger partial charge on any atom is 0.119 e. The van der Waals surface area contributed by atoms with E-state index in [1.54, 1.807) is 11.3 Å². The summed E-state index contributed by atoms with van der Waals surface area (Å²) < 4.78 is 5.73. The number of benzene rings is 1. The number of thiophene rings is 1. The third kappa shape index (κ3) is 2.99. The van der Waals surface area contributed by atoms with Gasteiger partial charge in [-0.2, -0.15) is 11.3 Å². The molecule has 0 aliphatic carbocycles. The van der Waals surface area contributed by atoms with Crippen molar-refractivity contribution in [3.8, 4) is 5.75 Å². The molecule has 16 heavy (non-hydrogen) atoms. The maximum absolute atomic E-state index is 5.73. The van der Waals surface area contributed by atoms with Gasteiger partial charge in [0.2, 0.25) is 0 Å². The Morgan fingerprint density at radius 2 is 1.94 bits per heavy atom. The summed E-state index contributed by atoms with van der Waals surface area (Å²) in [5.74, 6) is 1.00. The molecule has 0 spiro atoms. The van der Waals surface area contributed by atoms with Crippen molar-refractivity contribution in [2.75, 3.05) is 6.61 Å². The molecule has 0 atom stereocenters. The zero-order valence-corrected chi connectivity index (χ0v) is 10.6. The second-order valence-electron chi connectivity index (χ2n) is 4.07. The lowest BCUT2D eigenvalue weighted by Gasteiger charge is -2.05. The molecule has 2 aromatic rings. The lowest BCUT2D eigenvalue weighted by molar-refractivity contribution is 0.305. The van der Waals surface area contributed by atoms with Gasteiger partial charge in [-0.1, -0.05) is 26.2 Å². The van der Waals surface area contributed by atoms with Crippen LogP contribution in [0.25, 0.3) is 10.8 Å². The van der Waals surface area contributed by atoms with Crippen LogP contribution in [0.1, 0.15) is 32.6 Å². The average Bonchev–Trinajstić information content (AvgIpc) is 2.76. The smallest absolute Gasteiger partial charge is 0.119 e. The molecule has 0 unspecified atom stereocenters. The summed E-state index contributed by atoms with van der Waals surface area (Å²) in [5, 5.41) is 6.93. The van der Waals surface area contributed by atoms with Crippen LogP contribution < -0.4 is 4.74 Å². The fourth-order valence-electron chi connectivity index (χ4n) is 1.75. The Morgan fingerprint density at radius 3 is 2.81 bits per heavy atom. The monoisotopic (exact) mass is 234 g/mol. The van der Waals surface area contributed by atoms with E-state index in [1.165, 1.54) is 30.0 Å². The van der Waals surface area contributed by atoms with E-state index in [0.717, 1.165) is 18.8 Å². The Bertz CT molecular complexity index is 433. The Kier molecular flexibility index (Phi) is 4.23. The minimum atomic E-state index is 0.843. The van der Waals surface area contributed by atoms with Crippen molar-refractivity contribution in [1.82, 2.24) is 0 Å². The van der Waals surface area contributed by atoms with E-state index in [4.69, 9.17) is 4.74 Å². The molecular formula is C14H18OS. The van der Waals surface area contributed by atoms with Crippen molar-refractivity contribution in [2.45, 2.75) is 32.6 Å². The molecule has 86 valence electrons. The van der Waals surface area contributed by atoms with Crippen LogP contribution >= 0.6 is 11.3 Å². The van der Waals surface area contributed by atoms with Gasteiger partial charge in [0.15, 0.2) is 0 Å². The highest BCUT2D eigenvalue weighted by Crippen LogP contribution is 2.24. The van der Waals surface area contributed by atoms with E-state index in [0.29, 0.717) is 0 Å². The highest BCUT2D eigenvalue weighted by Gasteiger charge is 1.98. The topological polar surface area (TPSA) is 9.23 Å². The molecule has 1 aromatic heterocycles. The van der Waals surface area contributed by atoms with Crippen molar-refractivity contribution >= 4 is 22.1 Å². The van der Waals surface area contributed by atoms with Gasteiger partial charge in [0, 0.05) is 0 Å². The summed E-state index contributed by atoms with van der Waals surface area (Å²) in [5.41, 5.74) is 0. The highest BCUT2D eigenvalue weighted by molar-refractivity contribution is 7.09. The Hall–Kier alpha value is -1.02. The first-order chi connectivity index (χ1) is 7.90. The van der Waals surface area contributed by atoms with Crippen molar-refractivity contribution in [3.05, 3.63) is 29.0 Å².